The molecule has 0 fully saturated rings. The van der Waals surface area contributed by atoms with Gasteiger partial charge in [-0.3, -0.25) is 10.2 Å². The molecule has 0 radical (unpaired) electrons. The predicted octanol–water partition coefficient (Wildman–Crippen LogP) is 0.774. The maximum absolute atomic E-state index is 11.2. The van der Waals surface area contributed by atoms with Crippen molar-refractivity contribution in [3.8, 4) is 0 Å². The van der Waals surface area contributed by atoms with Crippen molar-refractivity contribution in [3.63, 3.8) is 0 Å². The Bertz CT molecular complexity index is 194. The van der Waals surface area contributed by atoms with Gasteiger partial charge >= 0.3 is 0 Å². The molecule has 0 aliphatic carbocycles. The fraction of sp³-hybridized carbons (Fsp3) is 0.750. The van der Waals surface area contributed by atoms with Crippen molar-refractivity contribution < 1.29 is 4.79 Å². The Balaban J connectivity index is 3.68. The first-order valence-electron chi connectivity index (χ1n) is 4.19. The van der Waals surface area contributed by atoms with Crippen LogP contribution in [0.1, 0.15) is 20.8 Å². The van der Waals surface area contributed by atoms with Crippen molar-refractivity contribution in [3.05, 3.63) is 0 Å². The highest BCUT2D eigenvalue weighted by atomic mass is 32.2. The van der Waals surface area contributed by atoms with Crippen LogP contribution >= 0.6 is 11.8 Å². The minimum Gasteiger partial charge on any atom is -0.379 e. The van der Waals surface area contributed by atoms with Crippen molar-refractivity contribution in [1.82, 2.24) is 5.32 Å². The molecule has 0 aliphatic heterocycles. The van der Waals surface area contributed by atoms with E-state index in [0.717, 1.165) is 11.8 Å². The summed E-state index contributed by atoms with van der Waals surface area (Å²) in [6.07, 6.45) is 0. The van der Waals surface area contributed by atoms with Gasteiger partial charge in [0.15, 0.2) is 5.17 Å². The SMILES string of the molecule is CC(C)C(C)NC(=O)CSC(=N)N. The van der Waals surface area contributed by atoms with Crippen LogP contribution in [0.3, 0.4) is 0 Å². The van der Waals surface area contributed by atoms with Gasteiger partial charge in [0, 0.05) is 6.04 Å². The molecule has 1 unspecified atom stereocenters. The van der Waals surface area contributed by atoms with E-state index in [-0.39, 0.29) is 22.9 Å². The topological polar surface area (TPSA) is 79.0 Å². The van der Waals surface area contributed by atoms with Crippen molar-refractivity contribution in [1.29, 1.82) is 5.41 Å². The molecule has 0 aromatic heterocycles. The third-order valence-electron chi connectivity index (χ3n) is 1.75. The number of nitrogens with two attached hydrogens (primary N) is 1. The molecule has 1 amide bonds. The fourth-order valence-electron chi connectivity index (χ4n) is 0.606. The van der Waals surface area contributed by atoms with Gasteiger partial charge in [0.2, 0.25) is 5.91 Å². The number of amidine groups is 1. The molecule has 5 heteroatoms. The summed E-state index contributed by atoms with van der Waals surface area (Å²) in [4.78, 5) is 11.2. The van der Waals surface area contributed by atoms with Gasteiger partial charge < -0.3 is 11.1 Å². The number of rotatable bonds is 4. The lowest BCUT2D eigenvalue weighted by atomic mass is 10.1. The molecular weight excluding hydrogens is 186 g/mol. The van der Waals surface area contributed by atoms with Crippen LogP contribution in [0.2, 0.25) is 0 Å². The molecule has 4 N–H and O–H groups in total. The molecule has 0 saturated carbocycles. The van der Waals surface area contributed by atoms with E-state index in [4.69, 9.17) is 11.1 Å². The van der Waals surface area contributed by atoms with Crippen molar-refractivity contribution in [2.45, 2.75) is 26.8 Å². The normalized spacial score (nSPS) is 12.6. The Kier molecular flexibility index (Phi) is 5.53. The molecule has 0 bridgehead atoms. The average Bonchev–Trinajstić information content (AvgIpc) is 2.00. The zero-order valence-corrected chi connectivity index (χ0v) is 9.07. The minimum absolute atomic E-state index is 0.0210. The Hall–Kier alpha value is -0.710. The average molecular weight is 203 g/mol. The molecule has 0 aromatic rings. The Morgan fingerprint density at radius 2 is 2.08 bits per heavy atom. The first-order chi connectivity index (χ1) is 5.93. The quantitative estimate of drug-likeness (QED) is 0.466. The summed E-state index contributed by atoms with van der Waals surface area (Å²) in [5.74, 6) is 0.583. The van der Waals surface area contributed by atoms with Gasteiger partial charge in [0.1, 0.15) is 0 Å². The fourth-order valence-corrected chi connectivity index (χ4v) is 0.975. The van der Waals surface area contributed by atoms with Gasteiger partial charge in [0.25, 0.3) is 0 Å². The minimum atomic E-state index is -0.0681. The lowest BCUT2D eigenvalue weighted by Gasteiger charge is -2.16. The number of hydrogen-bond donors (Lipinski definition) is 3. The lowest BCUT2D eigenvalue weighted by molar-refractivity contribution is -0.119. The molecule has 0 spiro atoms. The van der Waals surface area contributed by atoms with Crippen LogP contribution in [0.4, 0.5) is 0 Å². The van der Waals surface area contributed by atoms with E-state index >= 15 is 0 Å². The molecule has 0 rings (SSSR count). The second kappa shape index (κ2) is 5.85. The second-order valence-corrected chi connectivity index (χ2v) is 4.27. The maximum atomic E-state index is 11.2. The highest BCUT2D eigenvalue weighted by molar-refractivity contribution is 8.14. The van der Waals surface area contributed by atoms with Crippen LogP contribution in [-0.2, 0) is 4.79 Å². The molecule has 0 saturated heterocycles. The Morgan fingerprint density at radius 1 is 1.54 bits per heavy atom. The van der Waals surface area contributed by atoms with E-state index in [2.05, 4.69) is 5.32 Å². The van der Waals surface area contributed by atoms with Gasteiger partial charge in [-0.25, -0.2) is 0 Å². The van der Waals surface area contributed by atoms with Crippen molar-refractivity contribution >= 4 is 22.8 Å². The Morgan fingerprint density at radius 3 is 2.46 bits per heavy atom. The predicted molar refractivity (Wildman–Crippen MR) is 56.8 cm³/mol. The van der Waals surface area contributed by atoms with Crippen molar-refractivity contribution in [2.75, 3.05) is 5.75 Å². The van der Waals surface area contributed by atoms with E-state index in [9.17, 15) is 4.79 Å². The van der Waals surface area contributed by atoms with Crippen LogP contribution in [0.15, 0.2) is 0 Å². The largest absolute Gasteiger partial charge is 0.379 e. The summed E-state index contributed by atoms with van der Waals surface area (Å²) in [7, 11) is 0. The molecule has 0 heterocycles. The highest BCUT2D eigenvalue weighted by Gasteiger charge is 2.10. The van der Waals surface area contributed by atoms with Crippen LogP contribution < -0.4 is 11.1 Å². The van der Waals surface area contributed by atoms with Gasteiger partial charge in [-0.1, -0.05) is 25.6 Å². The number of hydrogen-bond acceptors (Lipinski definition) is 3. The monoisotopic (exact) mass is 203 g/mol. The molecule has 1 atom stereocenters. The molecular formula is C8H17N3OS. The van der Waals surface area contributed by atoms with E-state index < -0.39 is 0 Å². The van der Waals surface area contributed by atoms with E-state index in [1.165, 1.54) is 0 Å². The standard InChI is InChI=1S/C8H17N3OS/c1-5(2)6(3)11-7(12)4-13-8(9)10/h5-6H,4H2,1-3H3,(H3,9,10)(H,11,12). The van der Waals surface area contributed by atoms with Gasteiger partial charge in [0.05, 0.1) is 5.75 Å². The summed E-state index contributed by atoms with van der Waals surface area (Å²) >= 11 is 1.04. The third-order valence-corrected chi connectivity index (χ3v) is 2.46. The zero-order chi connectivity index (χ0) is 10.4. The smallest absolute Gasteiger partial charge is 0.230 e. The zero-order valence-electron chi connectivity index (χ0n) is 8.26. The number of carbonyl (C=O) groups is 1. The van der Waals surface area contributed by atoms with Crippen LogP contribution in [0.25, 0.3) is 0 Å². The summed E-state index contributed by atoms with van der Waals surface area (Å²) in [6, 6.07) is 0.167. The van der Waals surface area contributed by atoms with Crippen molar-refractivity contribution in [2.24, 2.45) is 11.7 Å². The van der Waals surface area contributed by atoms with Gasteiger partial charge in [-0.05, 0) is 12.8 Å². The highest BCUT2D eigenvalue weighted by Crippen LogP contribution is 2.01. The van der Waals surface area contributed by atoms with Crippen LogP contribution in [0, 0.1) is 11.3 Å². The van der Waals surface area contributed by atoms with E-state index in [1.807, 2.05) is 20.8 Å². The second-order valence-electron chi connectivity index (χ2n) is 3.25. The summed E-state index contributed by atoms with van der Waals surface area (Å²) in [6.45, 7) is 6.05. The molecule has 0 aliphatic rings. The number of nitrogens with one attached hydrogen (secondary N) is 2. The number of thioether (sulfide) groups is 1. The van der Waals surface area contributed by atoms with Crippen LogP contribution in [-0.4, -0.2) is 22.9 Å². The summed E-state index contributed by atoms with van der Waals surface area (Å²) in [5, 5.41) is 9.72. The third kappa shape index (κ3) is 6.45. The van der Waals surface area contributed by atoms with Gasteiger partial charge in [-0.15, -0.1) is 0 Å². The number of carbonyl (C=O) groups excluding carboxylic acids is 1. The molecule has 4 nitrogen and oxygen atoms in total. The van der Waals surface area contributed by atoms with Crippen LogP contribution in [0.5, 0.6) is 0 Å². The summed E-state index contributed by atoms with van der Waals surface area (Å²) < 4.78 is 0. The number of amides is 1. The molecule has 13 heavy (non-hydrogen) atoms. The van der Waals surface area contributed by atoms with Gasteiger partial charge in [-0.2, -0.15) is 0 Å². The Labute approximate surface area is 83.2 Å². The maximum Gasteiger partial charge on any atom is 0.230 e. The van der Waals surface area contributed by atoms with E-state index in [0.29, 0.717) is 5.92 Å². The molecule has 76 valence electrons. The molecule has 0 aromatic carbocycles. The lowest BCUT2D eigenvalue weighted by Crippen LogP contribution is -2.37. The van der Waals surface area contributed by atoms with E-state index in [1.54, 1.807) is 0 Å². The first-order valence-corrected chi connectivity index (χ1v) is 5.18. The first kappa shape index (κ1) is 12.3. The summed E-state index contributed by atoms with van der Waals surface area (Å²) in [5.41, 5.74) is 5.10.